The van der Waals surface area contributed by atoms with Gasteiger partial charge >= 0.3 is 0 Å². The standard InChI is InChI=1S/C17H18Cl2N2.ClH/c18-15-7-6-14(12-16(15)19)17(13-4-2-1-3-5-13)21-10-8-20-9-11-21;/h1-7,12,17,20H,8-11H2;1H. The Bertz CT molecular complexity index is 598. The van der Waals surface area contributed by atoms with Gasteiger partial charge in [0.1, 0.15) is 0 Å². The number of piperazine rings is 1. The molecule has 3 rings (SSSR count). The maximum atomic E-state index is 6.22. The normalized spacial score (nSPS) is 16.8. The molecule has 1 saturated heterocycles. The molecule has 0 saturated carbocycles. The number of halogens is 3. The van der Waals surface area contributed by atoms with Crippen LogP contribution in [-0.2, 0) is 0 Å². The number of hydrogen-bond donors (Lipinski definition) is 1. The van der Waals surface area contributed by atoms with Crippen molar-refractivity contribution in [3.05, 3.63) is 69.7 Å². The Labute approximate surface area is 147 Å². The smallest absolute Gasteiger partial charge is 0.0603 e. The largest absolute Gasteiger partial charge is 0.314 e. The molecule has 0 aliphatic carbocycles. The third kappa shape index (κ3) is 3.95. The van der Waals surface area contributed by atoms with Crippen molar-refractivity contribution in [1.29, 1.82) is 0 Å². The molecule has 118 valence electrons. The lowest BCUT2D eigenvalue weighted by Gasteiger charge is -2.35. The summed E-state index contributed by atoms with van der Waals surface area (Å²) in [4.78, 5) is 2.49. The van der Waals surface area contributed by atoms with Crippen LogP contribution in [0.3, 0.4) is 0 Å². The topological polar surface area (TPSA) is 15.3 Å². The lowest BCUT2D eigenvalue weighted by Crippen LogP contribution is -2.45. The fraction of sp³-hybridized carbons (Fsp3) is 0.294. The van der Waals surface area contributed by atoms with Crippen molar-refractivity contribution in [2.24, 2.45) is 0 Å². The third-order valence-electron chi connectivity index (χ3n) is 3.89. The van der Waals surface area contributed by atoms with E-state index in [2.05, 4.69) is 40.5 Å². The Balaban J connectivity index is 0.00000176. The third-order valence-corrected chi connectivity index (χ3v) is 4.63. The van der Waals surface area contributed by atoms with E-state index in [0.29, 0.717) is 10.0 Å². The van der Waals surface area contributed by atoms with E-state index in [-0.39, 0.29) is 18.4 Å². The lowest BCUT2D eigenvalue weighted by atomic mass is 9.96. The van der Waals surface area contributed by atoms with Crippen molar-refractivity contribution < 1.29 is 0 Å². The summed E-state index contributed by atoms with van der Waals surface area (Å²) >= 11 is 12.3. The van der Waals surface area contributed by atoms with E-state index in [1.807, 2.05) is 18.2 Å². The van der Waals surface area contributed by atoms with E-state index >= 15 is 0 Å². The van der Waals surface area contributed by atoms with Crippen molar-refractivity contribution in [3.8, 4) is 0 Å². The predicted octanol–water partition coefficient (Wildman–Crippen LogP) is 4.41. The number of hydrogen-bond acceptors (Lipinski definition) is 2. The summed E-state index contributed by atoms with van der Waals surface area (Å²) in [5.74, 6) is 0. The fourth-order valence-corrected chi connectivity index (χ4v) is 3.18. The molecule has 5 heteroatoms. The Hall–Kier alpha value is -0.770. The quantitative estimate of drug-likeness (QED) is 0.875. The first-order valence-electron chi connectivity index (χ1n) is 7.20. The summed E-state index contributed by atoms with van der Waals surface area (Å²) in [6.45, 7) is 4.09. The predicted molar refractivity (Wildman–Crippen MR) is 96.4 cm³/mol. The molecule has 0 radical (unpaired) electrons. The second-order valence-corrected chi connectivity index (χ2v) is 6.09. The number of nitrogens with one attached hydrogen (secondary N) is 1. The molecule has 0 amide bonds. The van der Waals surface area contributed by atoms with Crippen LogP contribution in [-0.4, -0.2) is 31.1 Å². The van der Waals surface area contributed by atoms with Gasteiger partial charge in [-0.3, -0.25) is 4.90 Å². The SMILES string of the molecule is Cl.Clc1ccc(C(c2ccccc2)N2CCNCC2)cc1Cl. The second-order valence-electron chi connectivity index (χ2n) is 5.27. The number of rotatable bonds is 3. The highest BCUT2D eigenvalue weighted by Crippen LogP contribution is 2.32. The van der Waals surface area contributed by atoms with E-state index in [1.54, 1.807) is 0 Å². The maximum Gasteiger partial charge on any atom is 0.0603 e. The molecule has 1 aliphatic heterocycles. The zero-order valence-corrected chi connectivity index (χ0v) is 14.5. The van der Waals surface area contributed by atoms with Gasteiger partial charge in [-0.05, 0) is 23.3 Å². The lowest BCUT2D eigenvalue weighted by molar-refractivity contribution is 0.198. The molecule has 0 spiro atoms. The average molecular weight is 358 g/mol. The molecule has 2 aromatic rings. The van der Waals surface area contributed by atoms with E-state index in [1.165, 1.54) is 11.1 Å². The Morgan fingerprint density at radius 3 is 2.18 bits per heavy atom. The average Bonchev–Trinajstić information content (AvgIpc) is 2.53. The minimum Gasteiger partial charge on any atom is -0.314 e. The van der Waals surface area contributed by atoms with Crippen LogP contribution in [0.1, 0.15) is 17.2 Å². The van der Waals surface area contributed by atoms with Gasteiger partial charge in [-0.2, -0.15) is 0 Å². The van der Waals surface area contributed by atoms with Gasteiger partial charge in [-0.15, -0.1) is 12.4 Å². The van der Waals surface area contributed by atoms with Crippen molar-refractivity contribution in [1.82, 2.24) is 10.2 Å². The summed E-state index contributed by atoms with van der Waals surface area (Å²) in [7, 11) is 0. The minimum atomic E-state index is 0. The van der Waals surface area contributed by atoms with Crippen LogP contribution >= 0.6 is 35.6 Å². The molecular formula is C17H19Cl3N2. The molecule has 1 fully saturated rings. The molecule has 1 unspecified atom stereocenters. The van der Waals surface area contributed by atoms with Crippen LogP contribution in [0.5, 0.6) is 0 Å². The molecule has 1 heterocycles. The van der Waals surface area contributed by atoms with E-state index in [4.69, 9.17) is 23.2 Å². The summed E-state index contributed by atoms with van der Waals surface area (Å²) in [6, 6.07) is 16.7. The number of benzene rings is 2. The Morgan fingerprint density at radius 1 is 0.864 bits per heavy atom. The first-order valence-corrected chi connectivity index (χ1v) is 7.96. The van der Waals surface area contributed by atoms with Crippen LogP contribution in [0.2, 0.25) is 10.0 Å². The highest BCUT2D eigenvalue weighted by atomic mass is 35.5. The monoisotopic (exact) mass is 356 g/mol. The zero-order chi connectivity index (χ0) is 14.7. The zero-order valence-electron chi connectivity index (χ0n) is 12.1. The Morgan fingerprint density at radius 2 is 1.55 bits per heavy atom. The summed E-state index contributed by atoms with van der Waals surface area (Å²) in [5.41, 5.74) is 2.48. The second kappa shape index (κ2) is 8.19. The molecule has 1 N–H and O–H groups in total. The van der Waals surface area contributed by atoms with Crippen molar-refractivity contribution in [2.45, 2.75) is 6.04 Å². The molecular weight excluding hydrogens is 339 g/mol. The van der Waals surface area contributed by atoms with Gasteiger partial charge in [-0.1, -0.05) is 59.6 Å². The summed E-state index contributed by atoms with van der Waals surface area (Å²) < 4.78 is 0. The first kappa shape index (κ1) is 17.6. The van der Waals surface area contributed by atoms with Crippen LogP contribution in [0.25, 0.3) is 0 Å². The Kier molecular flexibility index (Phi) is 6.54. The summed E-state index contributed by atoms with van der Waals surface area (Å²) in [5, 5.41) is 4.62. The van der Waals surface area contributed by atoms with Gasteiger partial charge < -0.3 is 5.32 Å². The van der Waals surface area contributed by atoms with E-state index in [0.717, 1.165) is 26.2 Å². The molecule has 2 nitrogen and oxygen atoms in total. The highest BCUT2D eigenvalue weighted by Gasteiger charge is 2.24. The minimum absolute atomic E-state index is 0. The van der Waals surface area contributed by atoms with Crippen LogP contribution in [0, 0.1) is 0 Å². The van der Waals surface area contributed by atoms with Crippen molar-refractivity contribution >= 4 is 35.6 Å². The highest BCUT2D eigenvalue weighted by molar-refractivity contribution is 6.42. The first-order chi connectivity index (χ1) is 10.3. The molecule has 1 aliphatic rings. The van der Waals surface area contributed by atoms with E-state index in [9.17, 15) is 0 Å². The molecule has 22 heavy (non-hydrogen) atoms. The number of nitrogens with zero attached hydrogens (tertiary/aromatic N) is 1. The van der Waals surface area contributed by atoms with Gasteiger partial charge in [0.05, 0.1) is 16.1 Å². The van der Waals surface area contributed by atoms with Gasteiger partial charge in [-0.25, -0.2) is 0 Å². The summed E-state index contributed by atoms with van der Waals surface area (Å²) in [6.07, 6.45) is 0. The van der Waals surface area contributed by atoms with Gasteiger partial charge in [0.2, 0.25) is 0 Å². The molecule has 2 aromatic carbocycles. The van der Waals surface area contributed by atoms with Gasteiger partial charge in [0.25, 0.3) is 0 Å². The van der Waals surface area contributed by atoms with E-state index < -0.39 is 0 Å². The maximum absolute atomic E-state index is 6.22. The molecule has 1 atom stereocenters. The molecule has 0 bridgehead atoms. The fourth-order valence-electron chi connectivity index (χ4n) is 2.87. The molecule has 0 aromatic heterocycles. The van der Waals surface area contributed by atoms with Crippen LogP contribution in [0.15, 0.2) is 48.5 Å². The van der Waals surface area contributed by atoms with Crippen LogP contribution < -0.4 is 5.32 Å². The van der Waals surface area contributed by atoms with Gasteiger partial charge in [0, 0.05) is 26.2 Å². The van der Waals surface area contributed by atoms with Gasteiger partial charge in [0.15, 0.2) is 0 Å². The van der Waals surface area contributed by atoms with Crippen molar-refractivity contribution in [2.75, 3.05) is 26.2 Å². The van der Waals surface area contributed by atoms with Crippen molar-refractivity contribution in [3.63, 3.8) is 0 Å². The van der Waals surface area contributed by atoms with Crippen LogP contribution in [0.4, 0.5) is 0 Å².